The number of esters is 1. The van der Waals surface area contributed by atoms with Crippen LogP contribution < -0.4 is 9.64 Å². The molecule has 0 bridgehead atoms. The molecule has 0 aromatic carbocycles. The van der Waals surface area contributed by atoms with Crippen molar-refractivity contribution in [3.63, 3.8) is 0 Å². The maximum Gasteiger partial charge on any atom is 0.325 e. The summed E-state index contributed by atoms with van der Waals surface area (Å²) in [6.45, 7) is 4.83. The zero-order chi connectivity index (χ0) is 13.7. The predicted octanol–water partition coefficient (Wildman–Crippen LogP) is 1.41. The number of anilines is 1. The molecule has 1 aromatic heterocycles. The molecule has 0 amide bonds. The monoisotopic (exact) mass is 265 g/mol. The minimum Gasteiger partial charge on any atom is -0.478 e. The van der Waals surface area contributed by atoms with E-state index in [-0.39, 0.29) is 12.5 Å². The highest BCUT2D eigenvalue weighted by molar-refractivity contribution is 5.75. The van der Waals surface area contributed by atoms with Gasteiger partial charge in [0.05, 0.1) is 13.2 Å². The Morgan fingerprint density at radius 3 is 2.84 bits per heavy atom. The maximum atomic E-state index is 11.6. The van der Waals surface area contributed by atoms with Crippen LogP contribution in [-0.2, 0) is 9.53 Å². The molecule has 104 valence electrons. The van der Waals surface area contributed by atoms with Gasteiger partial charge in [-0.25, -0.2) is 4.98 Å². The first-order valence-corrected chi connectivity index (χ1v) is 6.62. The van der Waals surface area contributed by atoms with Gasteiger partial charge in [-0.3, -0.25) is 4.79 Å². The maximum absolute atomic E-state index is 11.6. The molecule has 1 aliphatic carbocycles. The van der Waals surface area contributed by atoms with Gasteiger partial charge in [0.15, 0.2) is 0 Å². The van der Waals surface area contributed by atoms with Crippen LogP contribution in [0, 0.1) is 0 Å². The summed E-state index contributed by atoms with van der Waals surface area (Å²) in [5.74, 6) is 0.809. The number of hydrogen-bond acceptors (Lipinski definition) is 6. The summed E-state index contributed by atoms with van der Waals surface area (Å²) in [6.07, 6.45) is 3.76. The van der Waals surface area contributed by atoms with Gasteiger partial charge in [0.2, 0.25) is 11.8 Å². The number of carbonyl (C=O) groups excluding carboxylic acids is 1. The first-order chi connectivity index (χ1) is 9.24. The van der Waals surface area contributed by atoms with Crippen molar-refractivity contribution in [3.05, 3.63) is 12.3 Å². The molecule has 6 nitrogen and oxygen atoms in total. The van der Waals surface area contributed by atoms with Crippen LogP contribution in [0.5, 0.6) is 5.88 Å². The summed E-state index contributed by atoms with van der Waals surface area (Å²) in [7, 11) is 0. The molecular formula is C13H19N3O3. The Morgan fingerprint density at radius 2 is 2.21 bits per heavy atom. The molecule has 19 heavy (non-hydrogen) atoms. The van der Waals surface area contributed by atoms with Gasteiger partial charge in [0.1, 0.15) is 6.54 Å². The molecule has 0 N–H and O–H groups in total. The third-order valence-electron chi connectivity index (χ3n) is 2.76. The Kier molecular flexibility index (Phi) is 4.54. The van der Waals surface area contributed by atoms with Crippen LogP contribution in [0.4, 0.5) is 5.95 Å². The number of nitrogens with zero attached hydrogens (tertiary/aromatic N) is 3. The fourth-order valence-electron chi connectivity index (χ4n) is 1.79. The largest absolute Gasteiger partial charge is 0.478 e. The predicted molar refractivity (Wildman–Crippen MR) is 70.2 cm³/mol. The lowest BCUT2D eigenvalue weighted by Gasteiger charge is -2.21. The first kappa shape index (κ1) is 13.6. The summed E-state index contributed by atoms with van der Waals surface area (Å²) in [6, 6.07) is 2.05. The second-order valence-corrected chi connectivity index (χ2v) is 4.29. The van der Waals surface area contributed by atoms with E-state index in [1.54, 1.807) is 19.2 Å². The van der Waals surface area contributed by atoms with E-state index in [1.807, 2.05) is 11.8 Å². The van der Waals surface area contributed by atoms with Gasteiger partial charge in [0, 0.05) is 18.3 Å². The van der Waals surface area contributed by atoms with Crippen LogP contribution >= 0.6 is 0 Å². The van der Waals surface area contributed by atoms with E-state index in [2.05, 4.69) is 9.97 Å². The molecule has 6 heteroatoms. The Morgan fingerprint density at radius 1 is 1.42 bits per heavy atom. The van der Waals surface area contributed by atoms with Gasteiger partial charge in [-0.05, 0) is 26.7 Å². The third-order valence-corrected chi connectivity index (χ3v) is 2.76. The van der Waals surface area contributed by atoms with Crippen LogP contribution in [-0.4, -0.2) is 41.7 Å². The van der Waals surface area contributed by atoms with Crippen molar-refractivity contribution in [1.29, 1.82) is 0 Å². The lowest BCUT2D eigenvalue weighted by atomic mass is 10.4. The van der Waals surface area contributed by atoms with Crippen molar-refractivity contribution in [3.8, 4) is 5.88 Å². The number of ether oxygens (including phenoxy) is 2. The van der Waals surface area contributed by atoms with Gasteiger partial charge >= 0.3 is 5.97 Å². The van der Waals surface area contributed by atoms with Crippen LogP contribution in [0.3, 0.4) is 0 Å². The van der Waals surface area contributed by atoms with E-state index < -0.39 is 0 Å². The van der Waals surface area contributed by atoms with E-state index in [4.69, 9.17) is 9.47 Å². The van der Waals surface area contributed by atoms with Gasteiger partial charge in [-0.1, -0.05) is 0 Å². The highest BCUT2D eigenvalue weighted by atomic mass is 16.5. The molecule has 1 aromatic rings. The van der Waals surface area contributed by atoms with E-state index in [0.29, 0.717) is 31.1 Å². The van der Waals surface area contributed by atoms with Crippen LogP contribution in [0.15, 0.2) is 12.3 Å². The molecule has 1 aliphatic rings. The van der Waals surface area contributed by atoms with E-state index in [0.717, 1.165) is 12.8 Å². The molecule has 0 saturated heterocycles. The second kappa shape index (κ2) is 6.36. The number of rotatable bonds is 7. The van der Waals surface area contributed by atoms with Gasteiger partial charge < -0.3 is 14.4 Å². The first-order valence-electron chi connectivity index (χ1n) is 6.62. The molecule has 2 rings (SSSR count). The number of hydrogen-bond donors (Lipinski definition) is 0. The minimum atomic E-state index is -0.250. The fraction of sp³-hybridized carbons (Fsp3) is 0.615. The second-order valence-electron chi connectivity index (χ2n) is 4.29. The van der Waals surface area contributed by atoms with E-state index in [9.17, 15) is 4.79 Å². The molecule has 1 saturated carbocycles. The van der Waals surface area contributed by atoms with Crippen LogP contribution in [0.1, 0.15) is 26.7 Å². The Hall–Kier alpha value is -1.85. The van der Waals surface area contributed by atoms with Crippen molar-refractivity contribution in [2.24, 2.45) is 0 Å². The molecule has 0 aliphatic heterocycles. The summed E-state index contributed by atoms with van der Waals surface area (Å²) >= 11 is 0. The topological polar surface area (TPSA) is 64.5 Å². The highest BCUT2D eigenvalue weighted by Gasteiger charge is 2.32. The zero-order valence-electron chi connectivity index (χ0n) is 11.3. The van der Waals surface area contributed by atoms with Crippen LogP contribution in [0.25, 0.3) is 0 Å². The molecule has 1 fully saturated rings. The molecule has 0 radical (unpaired) electrons. The van der Waals surface area contributed by atoms with Crippen LogP contribution in [0.2, 0.25) is 0 Å². The lowest BCUT2D eigenvalue weighted by Crippen LogP contribution is -2.34. The van der Waals surface area contributed by atoms with Crippen molar-refractivity contribution < 1.29 is 14.3 Å². The Bertz CT molecular complexity index is 435. The summed E-state index contributed by atoms with van der Waals surface area (Å²) in [4.78, 5) is 22.1. The number of aromatic nitrogens is 2. The van der Waals surface area contributed by atoms with Crippen molar-refractivity contribution in [2.45, 2.75) is 32.7 Å². The lowest BCUT2D eigenvalue weighted by molar-refractivity contribution is -0.141. The van der Waals surface area contributed by atoms with E-state index in [1.165, 1.54) is 0 Å². The number of carbonyl (C=O) groups is 1. The highest BCUT2D eigenvalue weighted by Crippen LogP contribution is 2.30. The Labute approximate surface area is 112 Å². The SMILES string of the molecule is CCOC(=O)CN(c1nccc(OCC)n1)C1CC1. The summed E-state index contributed by atoms with van der Waals surface area (Å²) in [5, 5.41) is 0. The van der Waals surface area contributed by atoms with Crippen molar-refractivity contribution >= 4 is 11.9 Å². The molecule has 0 atom stereocenters. The zero-order valence-corrected chi connectivity index (χ0v) is 11.3. The molecule has 0 unspecified atom stereocenters. The van der Waals surface area contributed by atoms with E-state index >= 15 is 0 Å². The fourth-order valence-corrected chi connectivity index (χ4v) is 1.79. The molecular weight excluding hydrogens is 246 g/mol. The molecule has 0 spiro atoms. The van der Waals surface area contributed by atoms with Gasteiger partial charge in [-0.2, -0.15) is 4.98 Å². The quantitative estimate of drug-likeness (QED) is 0.694. The Balaban J connectivity index is 2.09. The van der Waals surface area contributed by atoms with Gasteiger partial charge in [0.25, 0.3) is 0 Å². The minimum absolute atomic E-state index is 0.189. The van der Waals surface area contributed by atoms with Gasteiger partial charge in [-0.15, -0.1) is 0 Å². The summed E-state index contributed by atoms with van der Waals surface area (Å²) in [5.41, 5.74) is 0. The standard InChI is InChI=1S/C13H19N3O3/c1-3-18-11-7-8-14-13(15-11)16(10-5-6-10)9-12(17)19-4-2/h7-8,10H,3-6,9H2,1-2H3. The summed E-state index contributed by atoms with van der Waals surface area (Å²) < 4.78 is 10.3. The van der Waals surface area contributed by atoms with Crippen molar-refractivity contribution in [2.75, 3.05) is 24.7 Å². The third kappa shape index (κ3) is 3.81. The average Bonchev–Trinajstić information content (AvgIpc) is 3.21. The normalized spacial score (nSPS) is 14.0. The average molecular weight is 265 g/mol. The smallest absolute Gasteiger partial charge is 0.325 e. The van der Waals surface area contributed by atoms with Crippen molar-refractivity contribution in [1.82, 2.24) is 9.97 Å². The molecule has 1 heterocycles.